The molecule has 1 aromatic carbocycles. The van der Waals surface area contributed by atoms with E-state index in [1.165, 1.54) is 12.1 Å². The van der Waals surface area contributed by atoms with E-state index in [1.54, 1.807) is 6.07 Å². The minimum atomic E-state index is -0.258. The van der Waals surface area contributed by atoms with Crippen LogP contribution in [0.4, 0.5) is 4.39 Å². The molecular weight excluding hydrogens is 251 g/mol. The highest BCUT2D eigenvalue weighted by Crippen LogP contribution is 2.33. The molecule has 0 aliphatic heterocycles. The quantitative estimate of drug-likeness (QED) is 0.819. The molecule has 96 valence electrons. The third-order valence-electron chi connectivity index (χ3n) is 3.14. The van der Waals surface area contributed by atoms with Crippen LogP contribution in [-0.2, 0) is 7.05 Å². The van der Waals surface area contributed by atoms with Gasteiger partial charge in [0, 0.05) is 23.7 Å². The monoisotopic (exact) mass is 266 g/mol. The Bertz CT molecular complexity index is 563. The fraction of sp³-hybridized carbons (Fsp3) is 0.357. The van der Waals surface area contributed by atoms with E-state index in [0.717, 1.165) is 23.4 Å². The van der Waals surface area contributed by atoms with Crippen molar-refractivity contribution in [2.75, 3.05) is 0 Å². The third-order valence-corrected chi connectivity index (χ3v) is 3.48. The summed E-state index contributed by atoms with van der Waals surface area (Å²) in [6.07, 6.45) is 0.849. The summed E-state index contributed by atoms with van der Waals surface area (Å²) in [5.41, 5.74) is 2.84. The SMILES string of the molecule is CC[C@H](c1cc(F)ccc1Cl)c1cc(C)nn1C. The molecule has 0 amide bonds. The summed E-state index contributed by atoms with van der Waals surface area (Å²) >= 11 is 6.18. The van der Waals surface area contributed by atoms with Crippen molar-refractivity contribution in [3.05, 3.63) is 52.1 Å². The largest absolute Gasteiger partial charge is 0.272 e. The predicted octanol–water partition coefficient (Wildman–Crippen LogP) is 4.06. The van der Waals surface area contributed by atoms with Crippen LogP contribution in [0.3, 0.4) is 0 Å². The number of hydrogen-bond donors (Lipinski definition) is 0. The van der Waals surface area contributed by atoms with E-state index < -0.39 is 0 Å². The molecule has 0 unspecified atom stereocenters. The molecule has 4 heteroatoms. The summed E-state index contributed by atoms with van der Waals surface area (Å²) in [6.45, 7) is 4.01. The van der Waals surface area contributed by atoms with Gasteiger partial charge in [0.15, 0.2) is 0 Å². The van der Waals surface area contributed by atoms with Crippen LogP contribution in [0.2, 0.25) is 5.02 Å². The first kappa shape index (κ1) is 13.1. The zero-order valence-corrected chi connectivity index (χ0v) is 11.5. The van der Waals surface area contributed by atoms with Crippen LogP contribution in [0.15, 0.2) is 24.3 Å². The lowest BCUT2D eigenvalue weighted by Crippen LogP contribution is -2.07. The standard InChI is InChI=1S/C14H16ClFN2/c1-4-11(14-7-9(2)17-18(14)3)12-8-10(16)5-6-13(12)15/h5-8,11H,4H2,1-3H3/t11-/m1/s1. The summed E-state index contributed by atoms with van der Waals surface area (Å²) in [4.78, 5) is 0. The van der Waals surface area contributed by atoms with Gasteiger partial charge >= 0.3 is 0 Å². The molecule has 0 radical (unpaired) electrons. The molecule has 0 aliphatic carbocycles. The van der Waals surface area contributed by atoms with Crippen LogP contribution in [0.1, 0.15) is 36.2 Å². The Morgan fingerprint density at radius 1 is 1.39 bits per heavy atom. The van der Waals surface area contributed by atoms with Crippen molar-refractivity contribution in [3.63, 3.8) is 0 Å². The van der Waals surface area contributed by atoms with Crippen molar-refractivity contribution in [2.45, 2.75) is 26.2 Å². The van der Waals surface area contributed by atoms with Crippen molar-refractivity contribution in [2.24, 2.45) is 7.05 Å². The van der Waals surface area contributed by atoms with Gasteiger partial charge in [-0.05, 0) is 43.2 Å². The van der Waals surface area contributed by atoms with Crippen molar-refractivity contribution in [1.29, 1.82) is 0 Å². The molecule has 0 spiro atoms. The average molecular weight is 267 g/mol. The zero-order valence-electron chi connectivity index (χ0n) is 10.7. The molecule has 2 aromatic rings. The second-order valence-electron chi connectivity index (χ2n) is 4.46. The van der Waals surface area contributed by atoms with Gasteiger partial charge in [0.2, 0.25) is 0 Å². The van der Waals surface area contributed by atoms with Gasteiger partial charge in [0.25, 0.3) is 0 Å². The molecule has 0 bridgehead atoms. The second kappa shape index (κ2) is 5.11. The number of benzene rings is 1. The Kier molecular flexibility index (Phi) is 3.71. The highest BCUT2D eigenvalue weighted by molar-refractivity contribution is 6.31. The summed E-state index contributed by atoms with van der Waals surface area (Å²) in [5, 5.41) is 4.94. The van der Waals surface area contributed by atoms with Gasteiger partial charge in [-0.25, -0.2) is 4.39 Å². The van der Waals surface area contributed by atoms with Gasteiger partial charge in [0.05, 0.1) is 5.69 Å². The molecule has 0 saturated carbocycles. The Hall–Kier alpha value is -1.35. The maximum atomic E-state index is 13.4. The average Bonchev–Trinajstić information content (AvgIpc) is 2.64. The number of hydrogen-bond acceptors (Lipinski definition) is 1. The molecule has 2 rings (SSSR count). The number of aromatic nitrogens is 2. The minimum absolute atomic E-state index is 0.0689. The number of halogens is 2. The Balaban J connectivity index is 2.51. The molecule has 0 saturated heterocycles. The normalized spacial score (nSPS) is 12.7. The van der Waals surface area contributed by atoms with Gasteiger partial charge in [-0.1, -0.05) is 18.5 Å². The summed E-state index contributed by atoms with van der Waals surface area (Å²) in [6, 6.07) is 6.53. The highest BCUT2D eigenvalue weighted by Gasteiger charge is 2.19. The highest BCUT2D eigenvalue weighted by atomic mass is 35.5. The molecule has 0 fully saturated rings. The molecule has 0 aliphatic rings. The number of nitrogens with zero attached hydrogens (tertiary/aromatic N) is 2. The Labute approximate surface area is 111 Å². The van der Waals surface area contributed by atoms with Crippen LogP contribution < -0.4 is 0 Å². The van der Waals surface area contributed by atoms with Gasteiger partial charge in [-0.15, -0.1) is 0 Å². The first-order valence-corrected chi connectivity index (χ1v) is 6.36. The lowest BCUT2D eigenvalue weighted by Gasteiger charge is -2.17. The lowest BCUT2D eigenvalue weighted by atomic mass is 9.92. The molecule has 1 aromatic heterocycles. The van der Waals surface area contributed by atoms with Crippen molar-refractivity contribution < 1.29 is 4.39 Å². The van der Waals surface area contributed by atoms with Gasteiger partial charge in [-0.3, -0.25) is 4.68 Å². The van der Waals surface area contributed by atoms with Crippen LogP contribution in [0.25, 0.3) is 0 Å². The third kappa shape index (κ3) is 2.41. The van der Waals surface area contributed by atoms with Crippen molar-refractivity contribution in [1.82, 2.24) is 9.78 Å². The predicted molar refractivity (Wildman–Crippen MR) is 71.5 cm³/mol. The van der Waals surface area contributed by atoms with Crippen LogP contribution >= 0.6 is 11.6 Å². The molecular formula is C14H16ClFN2. The van der Waals surface area contributed by atoms with E-state index in [4.69, 9.17) is 11.6 Å². The topological polar surface area (TPSA) is 17.8 Å². The first-order valence-electron chi connectivity index (χ1n) is 5.98. The van der Waals surface area contributed by atoms with E-state index in [-0.39, 0.29) is 11.7 Å². The van der Waals surface area contributed by atoms with Gasteiger partial charge in [-0.2, -0.15) is 5.10 Å². The fourth-order valence-corrected chi connectivity index (χ4v) is 2.58. The Morgan fingerprint density at radius 3 is 2.67 bits per heavy atom. The van der Waals surface area contributed by atoms with Crippen LogP contribution in [0, 0.1) is 12.7 Å². The van der Waals surface area contributed by atoms with Crippen molar-refractivity contribution >= 4 is 11.6 Å². The van der Waals surface area contributed by atoms with E-state index >= 15 is 0 Å². The smallest absolute Gasteiger partial charge is 0.123 e. The lowest BCUT2D eigenvalue weighted by molar-refractivity contribution is 0.613. The second-order valence-corrected chi connectivity index (χ2v) is 4.87. The fourth-order valence-electron chi connectivity index (χ4n) is 2.33. The summed E-state index contributed by atoms with van der Waals surface area (Å²) in [7, 11) is 1.90. The molecule has 2 nitrogen and oxygen atoms in total. The van der Waals surface area contributed by atoms with Crippen molar-refractivity contribution in [3.8, 4) is 0 Å². The molecule has 18 heavy (non-hydrogen) atoms. The Morgan fingerprint density at radius 2 is 2.11 bits per heavy atom. The molecule has 1 heterocycles. The summed E-state index contributed by atoms with van der Waals surface area (Å²) in [5.74, 6) is -0.189. The van der Waals surface area contributed by atoms with E-state index in [9.17, 15) is 4.39 Å². The number of aryl methyl sites for hydroxylation is 2. The first-order chi connectivity index (χ1) is 8.52. The maximum Gasteiger partial charge on any atom is 0.123 e. The van der Waals surface area contributed by atoms with Crippen LogP contribution in [-0.4, -0.2) is 9.78 Å². The summed E-state index contributed by atoms with van der Waals surface area (Å²) < 4.78 is 15.2. The van der Waals surface area contributed by atoms with E-state index in [2.05, 4.69) is 12.0 Å². The van der Waals surface area contributed by atoms with Gasteiger partial charge in [0.1, 0.15) is 5.82 Å². The molecule has 1 atom stereocenters. The van der Waals surface area contributed by atoms with Gasteiger partial charge < -0.3 is 0 Å². The van der Waals surface area contributed by atoms with E-state index in [0.29, 0.717) is 5.02 Å². The number of rotatable bonds is 3. The molecule has 0 N–H and O–H groups in total. The van der Waals surface area contributed by atoms with Crippen LogP contribution in [0.5, 0.6) is 0 Å². The zero-order chi connectivity index (χ0) is 13.3. The minimum Gasteiger partial charge on any atom is -0.272 e. The van der Waals surface area contributed by atoms with E-state index in [1.807, 2.05) is 24.7 Å². The maximum absolute atomic E-state index is 13.4.